The van der Waals surface area contributed by atoms with Gasteiger partial charge in [0.05, 0.1) is 11.7 Å². The van der Waals surface area contributed by atoms with E-state index in [0.717, 1.165) is 6.54 Å². The summed E-state index contributed by atoms with van der Waals surface area (Å²) in [5.41, 5.74) is 0.149. The fourth-order valence-corrected chi connectivity index (χ4v) is 1.88. The average molecular weight is 213 g/mol. The monoisotopic (exact) mass is 213 g/mol. The maximum absolute atomic E-state index is 5.65. The van der Waals surface area contributed by atoms with E-state index in [0.29, 0.717) is 6.10 Å². The number of unbranched alkanes of at least 4 members (excludes halogenated alkanes) is 2. The molecule has 0 aliphatic carbocycles. The first-order chi connectivity index (χ1) is 7.10. The molecule has 90 valence electrons. The van der Waals surface area contributed by atoms with Gasteiger partial charge in [-0.05, 0) is 39.8 Å². The van der Waals surface area contributed by atoms with Gasteiger partial charge in [0.2, 0.25) is 0 Å². The highest BCUT2D eigenvalue weighted by molar-refractivity contribution is 4.96. The molecule has 2 nitrogen and oxygen atoms in total. The molecule has 0 radical (unpaired) electrons. The van der Waals surface area contributed by atoms with Crippen LogP contribution in [0.2, 0.25) is 0 Å². The SMILES string of the molecule is CCCCN(CCCC)CC1OC1(C)C. The van der Waals surface area contributed by atoms with Crippen molar-refractivity contribution in [1.29, 1.82) is 0 Å². The first kappa shape index (κ1) is 13.0. The van der Waals surface area contributed by atoms with Gasteiger partial charge in [0.25, 0.3) is 0 Å². The van der Waals surface area contributed by atoms with Gasteiger partial charge in [-0.15, -0.1) is 0 Å². The molecule has 0 spiro atoms. The topological polar surface area (TPSA) is 15.8 Å². The summed E-state index contributed by atoms with van der Waals surface area (Å²) in [7, 11) is 0. The number of hydrogen-bond donors (Lipinski definition) is 0. The van der Waals surface area contributed by atoms with Crippen molar-refractivity contribution < 1.29 is 4.74 Å². The van der Waals surface area contributed by atoms with Crippen LogP contribution < -0.4 is 0 Å². The van der Waals surface area contributed by atoms with Crippen LogP contribution in [-0.4, -0.2) is 36.2 Å². The average Bonchev–Trinajstić information content (AvgIpc) is 2.78. The Hall–Kier alpha value is -0.0800. The van der Waals surface area contributed by atoms with E-state index in [2.05, 4.69) is 32.6 Å². The van der Waals surface area contributed by atoms with Crippen molar-refractivity contribution in [2.75, 3.05) is 19.6 Å². The molecule has 1 rings (SSSR count). The van der Waals surface area contributed by atoms with E-state index in [1.165, 1.54) is 38.8 Å². The van der Waals surface area contributed by atoms with Crippen molar-refractivity contribution in [2.45, 2.75) is 65.1 Å². The molecule has 0 N–H and O–H groups in total. The molecule has 1 saturated heterocycles. The second-order valence-electron chi connectivity index (χ2n) is 5.22. The highest BCUT2D eigenvalue weighted by Crippen LogP contribution is 2.35. The van der Waals surface area contributed by atoms with Crippen LogP contribution in [0.3, 0.4) is 0 Å². The zero-order valence-electron chi connectivity index (χ0n) is 10.9. The van der Waals surface area contributed by atoms with E-state index >= 15 is 0 Å². The molecular formula is C13H27NO. The molecule has 1 aliphatic rings. The van der Waals surface area contributed by atoms with Crippen LogP contribution >= 0.6 is 0 Å². The molecule has 15 heavy (non-hydrogen) atoms. The zero-order valence-corrected chi connectivity index (χ0v) is 10.9. The lowest BCUT2D eigenvalue weighted by molar-refractivity contribution is 0.232. The van der Waals surface area contributed by atoms with Crippen LogP contribution in [0.25, 0.3) is 0 Å². The first-order valence-corrected chi connectivity index (χ1v) is 6.50. The molecule has 2 heteroatoms. The van der Waals surface area contributed by atoms with Crippen molar-refractivity contribution in [3.05, 3.63) is 0 Å². The Kier molecular flexibility index (Phi) is 5.07. The lowest BCUT2D eigenvalue weighted by Gasteiger charge is -2.21. The van der Waals surface area contributed by atoms with Crippen LogP contribution in [0.15, 0.2) is 0 Å². The fraction of sp³-hybridized carbons (Fsp3) is 1.00. The Balaban J connectivity index is 2.22. The summed E-state index contributed by atoms with van der Waals surface area (Å²) < 4.78 is 5.65. The molecule has 0 amide bonds. The van der Waals surface area contributed by atoms with Crippen molar-refractivity contribution in [2.24, 2.45) is 0 Å². The lowest BCUT2D eigenvalue weighted by Crippen LogP contribution is -2.31. The summed E-state index contributed by atoms with van der Waals surface area (Å²) in [6.07, 6.45) is 5.69. The van der Waals surface area contributed by atoms with Gasteiger partial charge in [0.1, 0.15) is 0 Å². The van der Waals surface area contributed by atoms with Crippen LogP contribution in [-0.2, 0) is 4.74 Å². The number of hydrogen-bond acceptors (Lipinski definition) is 2. The molecule has 1 atom stereocenters. The number of nitrogens with zero attached hydrogens (tertiary/aromatic N) is 1. The summed E-state index contributed by atoms with van der Waals surface area (Å²) in [5.74, 6) is 0. The van der Waals surface area contributed by atoms with Crippen LogP contribution in [0, 0.1) is 0 Å². The van der Waals surface area contributed by atoms with Crippen molar-refractivity contribution >= 4 is 0 Å². The Morgan fingerprint density at radius 3 is 1.87 bits per heavy atom. The summed E-state index contributed by atoms with van der Waals surface area (Å²) in [6.45, 7) is 12.5. The minimum absolute atomic E-state index is 0.149. The Bertz CT molecular complexity index is 171. The lowest BCUT2D eigenvalue weighted by atomic mass is 10.1. The van der Waals surface area contributed by atoms with E-state index < -0.39 is 0 Å². The summed E-state index contributed by atoms with van der Waals surface area (Å²) in [4.78, 5) is 2.58. The van der Waals surface area contributed by atoms with E-state index in [-0.39, 0.29) is 5.60 Å². The van der Waals surface area contributed by atoms with Gasteiger partial charge in [-0.25, -0.2) is 0 Å². The normalized spacial score (nSPS) is 23.4. The van der Waals surface area contributed by atoms with Crippen LogP contribution in [0.1, 0.15) is 53.4 Å². The van der Waals surface area contributed by atoms with Crippen molar-refractivity contribution in [1.82, 2.24) is 4.90 Å². The molecule has 1 fully saturated rings. The minimum Gasteiger partial charge on any atom is -0.365 e. The third-order valence-electron chi connectivity index (χ3n) is 3.24. The predicted molar refractivity (Wildman–Crippen MR) is 65.2 cm³/mol. The largest absolute Gasteiger partial charge is 0.365 e. The summed E-state index contributed by atoms with van der Waals surface area (Å²) in [5, 5.41) is 0. The number of epoxide rings is 1. The highest BCUT2D eigenvalue weighted by Gasteiger charge is 2.48. The smallest absolute Gasteiger partial charge is 0.0994 e. The van der Waals surface area contributed by atoms with E-state index in [1.807, 2.05) is 0 Å². The third kappa shape index (κ3) is 4.52. The maximum Gasteiger partial charge on any atom is 0.0994 e. The minimum atomic E-state index is 0.149. The summed E-state index contributed by atoms with van der Waals surface area (Å²) >= 11 is 0. The molecule has 0 aromatic heterocycles. The van der Waals surface area contributed by atoms with Gasteiger partial charge in [-0.3, -0.25) is 0 Å². The maximum atomic E-state index is 5.65. The van der Waals surface area contributed by atoms with Gasteiger partial charge in [0.15, 0.2) is 0 Å². The predicted octanol–water partition coefficient (Wildman–Crippen LogP) is 3.07. The van der Waals surface area contributed by atoms with Gasteiger partial charge in [-0.1, -0.05) is 26.7 Å². The van der Waals surface area contributed by atoms with Gasteiger partial charge < -0.3 is 9.64 Å². The quantitative estimate of drug-likeness (QED) is 0.576. The van der Waals surface area contributed by atoms with E-state index in [9.17, 15) is 0 Å². The van der Waals surface area contributed by atoms with Crippen LogP contribution in [0.5, 0.6) is 0 Å². The Labute approximate surface area is 95.0 Å². The van der Waals surface area contributed by atoms with E-state index in [4.69, 9.17) is 4.74 Å². The van der Waals surface area contributed by atoms with Gasteiger partial charge in [-0.2, -0.15) is 0 Å². The molecule has 1 heterocycles. The van der Waals surface area contributed by atoms with Crippen LogP contribution in [0.4, 0.5) is 0 Å². The molecular weight excluding hydrogens is 186 g/mol. The first-order valence-electron chi connectivity index (χ1n) is 6.50. The van der Waals surface area contributed by atoms with Gasteiger partial charge in [0, 0.05) is 6.54 Å². The second kappa shape index (κ2) is 5.86. The molecule has 0 aromatic carbocycles. The van der Waals surface area contributed by atoms with Crippen molar-refractivity contribution in [3.8, 4) is 0 Å². The number of rotatable bonds is 8. The molecule has 0 saturated carbocycles. The molecule has 1 unspecified atom stereocenters. The van der Waals surface area contributed by atoms with Gasteiger partial charge >= 0.3 is 0 Å². The Morgan fingerprint density at radius 2 is 1.53 bits per heavy atom. The summed E-state index contributed by atoms with van der Waals surface area (Å²) in [6, 6.07) is 0. The Morgan fingerprint density at radius 1 is 1.07 bits per heavy atom. The molecule has 1 aliphatic heterocycles. The second-order valence-corrected chi connectivity index (χ2v) is 5.22. The van der Waals surface area contributed by atoms with E-state index in [1.54, 1.807) is 0 Å². The highest BCUT2D eigenvalue weighted by atomic mass is 16.6. The third-order valence-corrected chi connectivity index (χ3v) is 3.24. The fourth-order valence-electron chi connectivity index (χ4n) is 1.88. The zero-order chi connectivity index (χ0) is 11.3. The van der Waals surface area contributed by atoms with Crippen molar-refractivity contribution in [3.63, 3.8) is 0 Å². The number of ether oxygens (including phenoxy) is 1. The molecule has 0 aromatic rings. The molecule has 0 bridgehead atoms. The standard InChI is InChI=1S/C13H27NO/c1-5-7-9-14(10-8-6-2)11-12-13(3,4)15-12/h12H,5-11H2,1-4H3.